The Morgan fingerprint density at radius 1 is 0.833 bits per heavy atom. The first-order valence-electron chi connectivity index (χ1n) is 6.14. The zero-order valence-electron chi connectivity index (χ0n) is 11.0. The number of hydrogen-bond acceptors (Lipinski definition) is 5. The maximum atomic E-state index is 5.89. The molecule has 3 fully saturated rings. The second-order valence-corrected chi connectivity index (χ2v) is 5.76. The topological polar surface area (TPSA) is 46.2 Å². The molecule has 3 heterocycles. The van der Waals surface area contributed by atoms with Crippen LogP contribution in [0.25, 0.3) is 0 Å². The van der Waals surface area contributed by atoms with E-state index >= 15 is 0 Å². The van der Waals surface area contributed by atoms with Gasteiger partial charge in [-0.15, -0.1) is 6.42 Å². The van der Waals surface area contributed by atoms with Gasteiger partial charge in [-0.1, -0.05) is 5.92 Å². The van der Waals surface area contributed by atoms with Crippen molar-refractivity contribution in [3.8, 4) is 12.3 Å². The van der Waals surface area contributed by atoms with E-state index in [-0.39, 0.29) is 18.3 Å². The minimum absolute atomic E-state index is 0.262. The van der Waals surface area contributed by atoms with Crippen LogP contribution >= 0.6 is 0 Å². The lowest BCUT2D eigenvalue weighted by atomic mass is 9.99. The SMILES string of the molecule is C#CC1O[C@H]2OC(C)(C)OC2C2OC(C)(C)O[C@H]12. The Morgan fingerprint density at radius 2 is 1.39 bits per heavy atom. The molecule has 0 aromatic heterocycles. The molecular formula is C13H18O5. The van der Waals surface area contributed by atoms with Crippen LogP contribution in [-0.4, -0.2) is 42.3 Å². The van der Waals surface area contributed by atoms with Crippen LogP contribution < -0.4 is 0 Å². The highest BCUT2D eigenvalue weighted by Crippen LogP contribution is 2.43. The maximum absolute atomic E-state index is 5.89. The van der Waals surface area contributed by atoms with Crippen molar-refractivity contribution in [2.75, 3.05) is 0 Å². The summed E-state index contributed by atoms with van der Waals surface area (Å²) < 4.78 is 28.9. The van der Waals surface area contributed by atoms with Crippen LogP contribution in [-0.2, 0) is 23.7 Å². The predicted octanol–water partition coefficient (Wildman–Crippen LogP) is 1.02. The van der Waals surface area contributed by atoms with Gasteiger partial charge < -0.3 is 23.7 Å². The quantitative estimate of drug-likeness (QED) is 0.604. The lowest BCUT2D eigenvalue weighted by Crippen LogP contribution is -2.54. The smallest absolute Gasteiger partial charge is 0.191 e. The summed E-state index contributed by atoms with van der Waals surface area (Å²) in [6.45, 7) is 7.40. The zero-order valence-corrected chi connectivity index (χ0v) is 11.0. The van der Waals surface area contributed by atoms with Gasteiger partial charge >= 0.3 is 0 Å². The van der Waals surface area contributed by atoms with Gasteiger partial charge in [-0.3, -0.25) is 0 Å². The van der Waals surface area contributed by atoms with Crippen molar-refractivity contribution in [1.82, 2.24) is 0 Å². The molecule has 0 amide bonds. The Balaban J connectivity index is 1.89. The summed E-state index contributed by atoms with van der Waals surface area (Å²) in [7, 11) is 0. The van der Waals surface area contributed by atoms with Crippen LogP contribution in [0, 0.1) is 12.3 Å². The highest BCUT2D eigenvalue weighted by molar-refractivity contribution is 5.10. The van der Waals surface area contributed by atoms with Crippen LogP contribution in [0.3, 0.4) is 0 Å². The molecule has 5 nitrogen and oxygen atoms in total. The third-order valence-corrected chi connectivity index (χ3v) is 3.32. The van der Waals surface area contributed by atoms with E-state index in [1.807, 2.05) is 27.7 Å². The summed E-state index contributed by atoms with van der Waals surface area (Å²) in [5.41, 5.74) is 0. The second-order valence-electron chi connectivity index (χ2n) is 5.76. The Hall–Kier alpha value is -0.640. The fourth-order valence-electron chi connectivity index (χ4n) is 2.75. The van der Waals surface area contributed by atoms with Crippen molar-refractivity contribution in [1.29, 1.82) is 0 Å². The molecule has 0 saturated carbocycles. The van der Waals surface area contributed by atoms with Gasteiger partial charge in [0.2, 0.25) is 0 Å². The molecule has 3 saturated heterocycles. The first kappa shape index (κ1) is 12.4. The first-order chi connectivity index (χ1) is 8.31. The van der Waals surface area contributed by atoms with Gasteiger partial charge in [-0.05, 0) is 27.7 Å². The number of hydrogen-bond donors (Lipinski definition) is 0. The normalized spacial score (nSPS) is 48.3. The minimum atomic E-state index is -0.695. The van der Waals surface area contributed by atoms with Crippen LogP contribution in [0.5, 0.6) is 0 Å². The Morgan fingerprint density at radius 3 is 2.06 bits per heavy atom. The molecular weight excluding hydrogens is 236 g/mol. The van der Waals surface area contributed by atoms with Gasteiger partial charge in [-0.2, -0.15) is 0 Å². The summed E-state index contributed by atoms with van der Waals surface area (Å²) in [4.78, 5) is 0. The largest absolute Gasteiger partial charge is 0.341 e. The fourth-order valence-corrected chi connectivity index (χ4v) is 2.75. The number of terminal acetylenes is 1. The van der Waals surface area contributed by atoms with Gasteiger partial charge in [0, 0.05) is 0 Å². The molecule has 0 bridgehead atoms. The van der Waals surface area contributed by atoms with Gasteiger partial charge in [0.25, 0.3) is 0 Å². The van der Waals surface area contributed by atoms with Crippen molar-refractivity contribution in [2.45, 2.75) is 70.0 Å². The number of fused-ring (bicyclic) bond motifs is 3. The van der Waals surface area contributed by atoms with E-state index in [1.54, 1.807) is 0 Å². The summed E-state index contributed by atoms with van der Waals surface area (Å²) in [5.74, 6) is 1.21. The standard InChI is InChI=1S/C13H18O5/c1-6-7-8-9(16-12(2,3)15-8)10-11(14-7)18-13(4,5)17-10/h1,7-11H,2-5H3/t7?,8-,9?,10?,11+/m1/s1. The first-order valence-corrected chi connectivity index (χ1v) is 6.14. The molecule has 3 rings (SSSR count). The fraction of sp³-hybridized carbons (Fsp3) is 0.846. The third-order valence-electron chi connectivity index (χ3n) is 3.32. The molecule has 0 spiro atoms. The molecule has 3 aliphatic heterocycles. The molecule has 0 radical (unpaired) electrons. The van der Waals surface area contributed by atoms with Crippen molar-refractivity contribution >= 4 is 0 Å². The van der Waals surface area contributed by atoms with E-state index in [2.05, 4.69) is 5.92 Å². The average Bonchev–Trinajstić information content (AvgIpc) is 2.71. The molecule has 5 heteroatoms. The zero-order chi connectivity index (χ0) is 13.1. The second kappa shape index (κ2) is 3.69. The van der Waals surface area contributed by atoms with Crippen LogP contribution in [0.2, 0.25) is 0 Å². The van der Waals surface area contributed by atoms with Crippen LogP contribution in [0.4, 0.5) is 0 Å². The molecule has 0 aromatic rings. The lowest BCUT2D eigenvalue weighted by Gasteiger charge is -2.34. The van der Waals surface area contributed by atoms with Gasteiger partial charge in [0.15, 0.2) is 17.9 Å². The van der Waals surface area contributed by atoms with E-state index in [0.29, 0.717) is 0 Å². The predicted molar refractivity (Wildman–Crippen MR) is 61.4 cm³/mol. The lowest BCUT2D eigenvalue weighted by molar-refractivity contribution is -0.220. The van der Waals surface area contributed by atoms with Crippen molar-refractivity contribution in [2.24, 2.45) is 0 Å². The van der Waals surface area contributed by atoms with Crippen molar-refractivity contribution in [3.63, 3.8) is 0 Å². The molecule has 18 heavy (non-hydrogen) atoms. The van der Waals surface area contributed by atoms with Gasteiger partial charge in [0.05, 0.1) is 0 Å². The summed E-state index contributed by atoms with van der Waals surface area (Å²) in [5, 5.41) is 0. The van der Waals surface area contributed by atoms with E-state index < -0.39 is 24.0 Å². The highest BCUT2D eigenvalue weighted by Gasteiger charge is 2.60. The molecule has 100 valence electrons. The van der Waals surface area contributed by atoms with E-state index in [0.717, 1.165) is 0 Å². The highest BCUT2D eigenvalue weighted by atomic mass is 16.9. The summed E-state index contributed by atoms with van der Waals surface area (Å²) >= 11 is 0. The summed E-state index contributed by atoms with van der Waals surface area (Å²) in [6, 6.07) is 0. The molecule has 0 N–H and O–H groups in total. The number of rotatable bonds is 0. The third kappa shape index (κ3) is 1.85. The van der Waals surface area contributed by atoms with Gasteiger partial charge in [0.1, 0.15) is 24.4 Å². The Kier molecular flexibility index (Phi) is 2.54. The van der Waals surface area contributed by atoms with E-state index in [1.165, 1.54) is 0 Å². The van der Waals surface area contributed by atoms with E-state index in [9.17, 15) is 0 Å². The van der Waals surface area contributed by atoms with Crippen molar-refractivity contribution in [3.05, 3.63) is 0 Å². The van der Waals surface area contributed by atoms with E-state index in [4.69, 9.17) is 30.1 Å². The molecule has 0 aliphatic carbocycles. The minimum Gasteiger partial charge on any atom is -0.341 e. The maximum Gasteiger partial charge on any atom is 0.191 e. The average molecular weight is 254 g/mol. The summed E-state index contributed by atoms with van der Waals surface area (Å²) in [6.07, 6.45) is 3.63. The molecule has 5 atom stereocenters. The molecule has 3 aliphatic rings. The molecule has 0 aromatic carbocycles. The van der Waals surface area contributed by atoms with Crippen LogP contribution in [0.15, 0.2) is 0 Å². The Bertz CT molecular complexity index is 397. The molecule has 3 unspecified atom stereocenters. The Labute approximate surface area is 107 Å². The van der Waals surface area contributed by atoms with Crippen LogP contribution in [0.1, 0.15) is 27.7 Å². The number of ether oxygens (including phenoxy) is 5. The monoisotopic (exact) mass is 254 g/mol. The van der Waals surface area contributed by atoms with Crippen molar-refractivity contribution < 1.29 is 23.7 Å². The van der Waals surface area contributed by atoms with Gasteiger partial charge in [-0.25, -0.2) is 0 Å².